The first-order valence-electron chi connectivity index (χ1n) is 13.4. The standard InChI is InChI=1S/C29H31F3N4O7S/c1-15(2)24(35-28(40)42-3)26(37)36-14-19(44(4)41)12-22(36)25-33-13-21(34-25)17-7-5-16(6-8-17)20-10-9-18(27(38)39)11-23(20)43-29(30,31)32/h5-11,13,15,19,22,24H,12,14H2,1-4H3,(H,33,34)(H,35,40)(H,38,39)/t19?,22?,24-,44?/m0/s1. The molecule has 1 saturated heterocycles. The number of likely N-dealkylation sites (tertiary alicyclic amines) is 1. The number of aromatic nitrogens is 2. The lowest BCUT2D eigenvalue weighted by molar-refractivity contribution is -0.274. The number of methoxy groups -OCH3 is 1. The minimum absolute atomic E-state index is 0.0422. The van der Waals surface area contributed by atoms with Gasteiger partial charge in [-0.3, -0.25) is 4.79 Å². The van der Waals surface area contributed by atoms with Gasteiger partial charge in [0.05, 0.1) is 37.2 Å². The van der Waals surface area contributed by atoms with E-state index in [4.69, 9.17) is 0 Å². The van der Waals surface area contributed by atoms with Gasteiger partial charge < -0.3 is 34.3 Å². The van der Waals surface area contributed by atoms with Crippen LogP contribution < -0.4 is 10.1 Å². The van der Waals surface area contributed by atoms with Gasteiger partial charge in [0.15, 0.2) is 0 Å². The molecule has 15 heteroatoms. The molecule has 0 bridgehead atoms. The van der Waals surface area contributed by atoms with Crippen molar-refractivity contribution in [3.05, 3.63) is 60.0 Å². The van der Waals surface area contributed by atoms with E-state index in [0.29, 0.717) is 29.1 Å². The second-order valence-electron chi connectivity index (χ2n) is 10.5. The highest BCUT2D eigenvalue weighted by Crippen LogP contribution is 2.37. The number of carbonyl (C=O) groups excluding carboxylic acids is 2. The lowest BCUT2D eigenvalue weighted by Crippen LogP contribution is -2.51. The Morgan fingerprint density at radius 3 is 2.39 bits per heavy atom. The molecular weight excluding hydrogens is 605 g/mol. The van der Waals surface area contributed by atoms with Crippen molar-refractivity contribution in [3.8, 4) is 28.1 Å². The fraction of sp³-hybridized carbons (Fsp3) is 0.379. The molecule has 1 aliphatic rings. The average Bonchev–Trinajstić information content (AvgIpc) is 3.62. The number of hydrogen-bond donors (Lipinski definition) is 3. The number of hydrogen-bond acceptors (Lipinski definition) is 7. The first-order valence-corrected chi connectivity index (χ1v) is 15.1. The molecule has 1 aliphatic heterocycles. The van der Waals surface area contributed by atoms with Crippen LogP contribution in [0.15, 0.2) is 48.7 Å². The van der Waals surface area contributed by atoms with Crippen LogP contribution in [0.25, 0.3) is 22.4 Å². The minimum Gasteiger partial charge on any atom is -0.616 e. The number of imidazole rings is 1. The lowest BCUT2D eigenvalue weighted by atomic mass is 10.0. The summed E-state index contributed by atoms with van der Waals surface area (Å²) >= 11 is -1.23. The zero-order valence-electron chi connectivity index (χ0n) is 24.2. The van der Waals surface area contributed by atoms with Crippen LogP contribution in [0.4, 0.5) is 18.0 Å². The number of rotatable bonds is 9. The van der Waals surface area contributed by atoms with Crippen molar-refractivity contribution in [2.45, 2.75) is 44.0 Å². The van der Waals surface area contributed by atoms with Gasteiger partial charge in [-0.1, -0.05) is 49.3 Å². The van der Waals surface area contributed by atoms with Crippen molar-refractivity contribution in [2.24, 2.45) is 5.92 Å². The smallest absolute Gasteiger partial charge is 0.573 e. The molecule has 0 saturated carbocycles. The highest BCUT2D eigenvalue weighted by Gasteiger charge is 2.44. The first kappa shape index (κ1) is 32.7. The molecule has 0 radical (unpaired) electrons. The summed E-state index contributed by atoms with van der Waals surface area (Å²) in [6, 6.07) is 8.17. The molecule has 2 amide bonds. The Bertz CT molecular complexity index is 1510. The Kier molecular flexibility index (Phi) is 9.78. The number of ether oxygens (including phenoxy) is 2. The van der Waals surface area contributed by atoms with Gasteiger partial charge >= 0.3 is 18.4 Å². The second-order valence-corrected chi connectivity index (χ2v) is 12.2. The summed E-state index contributed by atoms with van der Waals surface area (Å²) in [5.74, 6) is -2.23. The van der Waals surface area contributed by atoms with Gasteiger partial charge in [-0.15, -0.1) is 13.2 Å². The Hall–Kier alpha value is -4.24. The van der Waals surface area contributed by atoms with Crippen molar-refractivity contribution in [2.75, 3.05) is 19.9 Å². The summed E-state index contributed by atoms with van der Waals surface area (Å²) in [6.45, 7) is 3.77. The average molecular weight is 637 g/mol. The molecule has 1 fully saturated rings. The van der Waals surface area contributed by atoms with Crippen LogP contribution in [0.2, 0.25) is 0 Å². The number of halogens is 3. The molecule has 236 valence electrons. The maximum Gasteiger partial charge on any atom is 0.573 e. The zero-order valence-corrected chi connectivity index (χ0v) is 25.0. The molecule has 3 unspecified atom stereocenters. The number of alkyl carbamates (subject to hydrolysis) is 1. The van der Waals surface area contributed by atoms with Crippen molar-refractivity contribution in [1.82, 2.24) is 20.2 Å². The second kappa shape index (κ2) is 13.2. The van der Waals surface area contributed by atoms with Crippen LogP contribution >= 0.6 is 0 Å². The van der Waals surface area contributed by atoms with Crippen LogP contribution in [-0.2, 0) is 20.7 Å². The predicted octanol–water partition coefficient (Wildman–Crippen LogP) is 4.74. The van der Waals surface area contributed by atoms with Crippen molar-refractivity contribution in [3.63, 3.8) is 0 Å². The van der Waals surface area contributed by atoms with E-state index in [1.807, 2.05) is 0 Å². The third kappa shape index (κ3) is 7.45. The molecule has 3 aromatic rings. The molecule has 4 atom stereocenters. The van der Waals surface area contributed by atoms with Gasteiger partial charge in [-0.2, -0.15) is 0 Å². The molecular formula is C29H31F3N4O7S. The molecule has 2 heterocycles. The number of aromatic carboxylic acids is 1. The lowest BCUT2D eigenvalue weighted by Gasteiger charge is -2.29. The van der Waals surface area contributed by atoms with E-state index in [9.17, 15) is 37.2 Å². The first-order chi connectivity index (χ1) is 20.7. The van der Waals surface area contributed by atoms with E-state index in [-0.39, 0.29) is 34.7 Å². The van der Waals surface area contributed by atoms with Crippen LogP contribution in [0.1, 0.15) is 42.5 Å². The molecule has 1 aromatic heterocycles. The molecule has 4 rings (SSSR count). The van der Waals surface area contributed by atoms with E-state index in [1.165, 1.54) is 19.2 Å². The summed E-state index contributed by atoms with van der Waals surface area (Å²) in [6.07, 6.45) is -2.21. The van der Waals surface area contributed by atoms with Crippen molar-refractivity contribution >= 4 is 29.1 Å². The quantitative estimate of drug-likeness (QED) is 0.284. The number of alkyl halides is 3. The van der Waals surface area contributed by atoms with Crippen molar-refractivity contribution < 1.29 is 46.7 Å². The summed E-state index contributed by atoms with van der Waals surface area (Å²) in [7, 11) is 1.20. The molecule has 0 spiro atoms. The topological polar surface area (TPSA) is 157 Å². The fourth-order valence-corrected chi connectivity index (χ4v) is 5.82. The molecule has 11 nitrogen and oxygen atoms in total. The van der Waals surface area contributed by atoms with E-state index >= 15 is 0 Å². The largest absolute Gasteiger partial charge is 0.616 e. The van der Waals surface area contributed by atoms with E-state index in [2.05, 4.69) is 24.8 Å². The Morgan fingerprint density at radius 2 is 1.82 bits per heavy atom. The van der Waals surface area contributed by atoms with Gasteiger partial charge in [0.1, 0.15) is 22.9 Å². The van der Waals surface area contributed by atoms with Gasteiger partial charge in [-0.25, -0.2) is 14.6 Å². The summed E-state index contributed by atoms with van der Waals surface area (Å²) in [5.41, 5.74) is 1.12. The van der Waals surface area contributed by atoms with Crippen LogP contribution in [0.5, 0.6) is 5.75 Å². The monoisotopic (exact) mass is 636 g/mol. The summed E-state index contributed by atoms with van der Waals surface area (Å²) in [5, 5.41) is 11.4. The number of carboxylic acids is 1. The molecule has 44 heavy (non-hydrogen) atoms. The number of nitrogens with one attached hydrogen (secondary N) is 2. The SMILES string of the molecule is COC(=O)N[C@H](C(=O)N1CC([S+](C)[O-])CC1c1nc(-c2ccc(-c3ccc(C(=O)O)cc3OC(F)(F)F)cc2)c[nH]1)C(C)C. The van der Waals surface area contributed by atoms with E-state index in [1.54, 1.807) is 55.5 Å². The zero-order chi connectivity index (χ0) is 32.3. The third-order valence-corrected chi connectivity index (χ3v) is 8.55. The van der Waals surface area contributed by atoms with Gasteiger partial charge in [0, 0.05) is 23.7 Å². The fourth-order valence-electron chi connectivity index (χ4n) is 5.00. The number of nitrogens with zero attached hydrogens (tertiary/aromatic N) is 2. The highest BCUT2D eigenvalue weighted by molar-refractivity contribution is 7.91. The Balaban J connectivity index is 1.61. The predicted molar refractivity (Wildman–Crippen MR) is 154 cm³/mol. The van der Waals surface area contributed by atoms with Gasteiger partial charge in [-0.05, 0) is 29.7 Å². The number of carbonyl (C=O) groups is 3. The van der Waals surface area contributed by atoms with Crippen LogP contribution in [-0.4, -0.2) is 80.1 Å². The van der Waals surface area contributed by atoms with E-state index < -0.39 is 47.4 Å². The number of aromatic amines is 1. The molecule has 0 aliphatic carbocycles. The van der Waals surface area contributed by atoms with Crippen LogP contribution in [0, 0.1) is 5.92 Å². The maximum atomic E-state index is 13.6. The Morgan fingerprint density at radius 1 is 1.16 bits per heavy atom. The highest BCUT2D eigenvalue weighted by atomic mass is 32.2. The van der Waals surface area contributed by atoms with Gasteiger partial charge in [0.2, 0.25) is 5.91 Å². The maximum absolute atomic E-state index is 13.6. The number of benzene rings is 2. The summed E-state index contributed by atoms with van der Waals surface area (Å²) in [4.78, 5) is 46.1. The minimum atomic E-state index is -5.03. The molecule has 3 N–H and O–H groups in total. The normalized spacial score (nSPS) is 18.2. The number of H-pyrrole nitrogens is 1. The van der Waals surface area contributed by atoms with Gasteiger partial charge in [0.25, 0.3) is 0 Å². The van der Waals surface area contributed by atoms with E-state index in [0.717, 1.165) is 6.07 Å². The Labute approximate surface area is 253 Å². The van der Waals surface area contributed by atoms with Crippen molar-refractivity contribution in [1.29, 1.82) is 0 Å². The summed E-state index contributed by atoms with van der Waals surface area (Å²) < 4.78 is 60.3. The number of carboxylic acid groups (broad SMARTS) is 1. The molecule has 2 aromatic carbocycles. The third-order valence-electron chi connectivity index (χ3n) is 7.27. The number of amides is 2. The van der Waals surface area contributed by atoms with Crippen LogP contribution in [0.3, 0.4) is 0 Å².